The van der Waals surface area contributed by atoms with Crippen molar-refractivity contribution in [1.29, 1.82) is 0 Å². The molecular formula is C26H25N3O4. The second-order valence-electron chi connectivity index (χ2n) is 7.90. The van der Waals surface area contributed by atoms with Crippen molar-refractivity contribution < 1.29 is 19.1 Å². The summed E-state index contributed by atoms with van der Waals surface area (Å²) in [5, 5.41) is 2.80. The van der Waals surface area contributed by atoms with Crippen molar-refractivity contribution in [2.24, 2.45) is 0 Å². The van der Waals surface area contributed by atoms with Crippen LogP contribution in [0.1, 0.15) is 17.5 Å². The summed E-state index contributed by atoms with van der Waals surface area (Å²) in [7, 11) is 1.55. The van der Waals surface area contributed by atoms with E-state index >= 15 is 0 Å². The molecule has 1 saturated heterocycles. The number of urea groups is 1. The van der Waals surface area contributed by atoms with Crippen molar-refractivity contribution in [2.45, 2.75) is 25.9 Å². The van der Waals surface area contributed by atoms with Gasteiger partial charge in [-0.1, -0.05) is 48.0 Å². The van der Waals surface area contributed by atoms with Crippen LogP contribution in [0, 0.1) is 6.92 Å². The van der Waals surface area contributed by atoms with Crippen molar-refractivity contribution in [3.05, 3.63) is 90.0 Å². The second-order valence-corrected chi connectivity index (χ2v) is 7.90. The van der Waals surface area contributed by atoms with Gasteiger partial charge >= 0.3 is 6.03 Å². The molecule has 3 aromatic rings. The summed E-state index contributed by atoms with van der Waals surface area (Å²) in [5.41, 5.74) is 3.05. The molecule has 0 bridgehead atoms. The number of ether oxygens (including phenoxy) is 1. The average molecular weight is 444 g/mol. The van der Waals surface area contributed by atoms with Gasteiger partial charge in [-0.25, -0.2) is 9.69 Å². The standard InChI is InChI=1S/C26H25N3O4/c1-18-8-10-19(11-9-18)17-28-23(16-24(30)27-20-6-4-3-5-7-20)25(31)29(26(28)32)21-12-14-22(33-2)15-13-21/h3-15,23H,16-17H2,1-2H3,(H,27,30)/t23-/m1/s1. The molecule has 0 aliphatic carbocycles. The first-order valence-electron chi connectivity index (χ1n) is 10.7. The highest BCUT2D eigenvalue weighted by atomic mass is 16.5. The van der Waals surface area contributed by atoms with E-state index in [2.05, 4.69) is 5.32 Å². The van der Waals surface area contributed by atoms with Gasteiger partial charge in [0.05, 0.1) is 19.2 Å². The molecule has 0 unspecified atom stereocenters. The maximum absolute atomic E-state index is 13.4. The van der Waals surface area contributed by atoms with E-state index in [9.17, 15) is 14.4 Å². The summed E-state index contributed by atoms with van der Waals surface area (Å²) in [6.45, 7) is 2.21. The van der Waals surface area contributed by atoms with E-state index in [0.29, 0.717) is 17.1 Å². The Morgan fingerprint density at radius 3 is 2.24 bits per heavy atom. The number of imide groups is 1. The molecule has 7 heteroatoms. The number of aryl methyl sites for hydroxylation is 1. The molecule has 7 nitrogen and oxygen atoms in total. The Hall–Kier alpha value is -4.13. The quantitative estimate of drug-likeness (QED) is 0.550. The number of nitrogens with one attached hydrogen (secondary N) is 1. The second kappa shape index (κ2) is 9.56. The molecule has 33 heavy (non-hydrogen) atoms. The summed E-state index contributed by atoms with van der Waals surface area (Å²) in [4.78, 5) is 42.1. The van der Waals surface area contributed by atoms with E-state index in [1.165, 1.54) is 4.90 Å². The molecule has 4 rings (SSSR count). The Morgan fingerprint density at radius 1 is 0.939 bits per heavy atom. The molecule has 0 spiro atoms. The lowest BCUT2D eigenvalue weighted by molar-refractivity contribution is -0.124. The van der Waals surface area contributed by atoms with Crippen molar-refractivity contribution in [3.8, 4) is 5.75 Å². The van der Waals surface area contributed by atoms with Gasteiger partial charge in [0, 0.05) is 12.2 Å². The van der Waals surface area contributed by atoms with Crippen LogP contribution in [0.25, 0.3) is 0 Å². The Bertz CT molecular complexity index is 1140. The van der Waals surface area contributed by atoms with Crippen LogP contribution >= 0.6 is 0 Å². The van der Waals surface area contributed by atoms with Crippen molar-refractivity contribution in [2.75, 3.05) is 17.3 Å². The lowest BCUT2D eigenvalue weighted by Gasteiger charge is -2.22. The molecule has 1 aliphatic heterocycles. The van der Waals surface area contributed by atoms with Crippen LogP contribution in [-0.2, 0) is 16.1 Å². The molecule has 0 saturated carbocycles. The van der Waals surface area contributed by atoms with Crippen molar-refractivity contribution in [1.82, 2.24) is 4.90 Å². The SMILES string of the molecule is COc1ccc(N2C(=O)[C@@H](CC(=O)Nc3ccccc3)N(Cc3ccc(C)cc3)C2=O)cc1. The Balaban J connectivity index is 1.60. The third kappa shape index (κ3) is 4.87. The highest BCUT2D eigenvalue weighted by molar-refractivity contribution is 6.22. The van der Waals surface area contributed by atoms with E-state index in [-0.39, 0.29) is 18.9 Å². The number of benzene rings is 3. The molecule has 1 fully saturated rings. The Kier molecular flexibility index (Phi) is 6.40. The molecule has 0 radical (unpaired) electrons. The van der Waals surface area contributed by atoms with Gasteiger partial charge in [0.2, 0.25) is 5.91 Å². The number of rotatable bonds is 7. The van der Waals surface area contributed by atoms with E-state index in [0.717, 1.165) is 16.0 Å². The zero-order valence-corrected chi connectivity index (χ0v) is 18.5. The number of anilines is 2. The van der Waals surface area contributed by atoms with Gasteiger partial charge in [-0.05, 0) is 48.9 Å². The summed E-state index contributed by atoms with van der Waals surface area (Å²) < 4.78 is 5.17. The number of carbonyl (C=O) groups excluding carboxylic acids is 3. The third-order valence-corrected chi connectivity index (χ3v) is 5.56. The van der Waals surface area contributed by atoms with Gasteiger partial charge in [-0.2, -0.15) is 0 Å². The van der Waals surface area contributed by atoms with Crippen molar-refractivity contribution >= 4 is 29.2 Å². The molecule has 1 aliphatic rings. The number of hydrogen-bond acceptors (Lipinski definition) is 4. The van der Waals surface area contributed by atoms with E-state index in [1.807, 2.05) is 49.4 Å². The maximum Gasteiger partial charge on any atom is 0.332 e. The van der Waals surface area contributed by atoms with Crippen molar-refractivity contribution in [3.63, 3.8) is 0 Å². The number of carbonyl (C=O) groups is 3. The number of nitrogens with zero attached hydrogens (tertiary/aromatic N) is 2. The van der Waals surface area contributed by atoms with Crippen LogP contribution in [0.5, 0.6) is 5.75 Å². The van der Waals surface area contributed by atoms with Crippen LogP contribution in [0.15, 0.2) is 78.9 Å². The first kappa shape index (κ1) is 22.1. The molecule has 1 atom stereocenters. The largest absolute Gasteiger partial charge is 0.497 e. The van der Waals surface area contributed by atoms with Crippen LogP contribution < -0.4 is 15.0 Å². The summed E-state index contributed by atoms with van der Waals surface area (Å²) >= 11 is 0. The number of hydrogen-bond donors (Lipinski definition) is 1. The molecule has 0 aromatic heterocycles. The lowest BCUT2D eigenvalue weighted by atomic mass is 10.1. The van der Waals surface area contributed by atoms with Gasteiger partial charge in [0.1, 0.15) is 11.8 Å². The smallest absolute Gasteiger partial charge is 0.332 e. The van der Waals surface area contributed by atoms with Crippen LogP contribution in [-0.4, -0.2) is 35.9 Å². The molecule has 1 N–H and O–H groups in total. The van der Waals surface area contributed by atoms with Gasteiger partial charge in [-0.3, -0.25) is 9.59 Å². The van der Waals surface area contributed by atoms with Gasteiger partial charge in [0.15, 0.2) is 0 Å². The number of para-hydroxylation sites is 1. The molecular weight excluding hydrogens is 418 g/mol. The van der Waals surface area contributed by atoms with Crippen LogP contribution in [0.2, 0.25) is 0 Å². The summed E-state index contributed by atoms with van der Waals surface area (Å²) in [6.07, 6.45) is -0.141. The number of amides is 4. The van der Waals surface area contributed by atoms with Gasteiger partial charge in [-0.15, -0.1) is 0 Å². The molecule has 3 aromatic carbocycles. The highest BCUT2D eigenvalue weighted by Crippen LogP contribution is 2.30. The van der Waals surface area contributed by atoms with E-state index in [1.54, 1.807) is 43.5 Å². The molecule has 1 heterocycles. The van der Waals surface area contributed by atoms with Gasteiger partial charge in [0.25, 0.3) is 5.91 Å². The average Bonchev–Trinajstić information content (AvgIpc) is 3.05. The predicted octanol–water partition coefficient (Wildman–Crippen LogP) is 4.37. The minimum Gasteiger partial charge on any atom is -0.497 e. The Labute approximate surface area is 192 Å². The third-order valence-electron chi connectivity index (χ3n) is 5.56. The summed E-state index contributed by atoms with van der Waals surface area (Å²) in [5.74, 6) is -0.147. The van der Waals surface area contributed by atoms with E-state index < -0.39 is 18.0 Å². The normalized spacial score (nSPS) is 15.6. The van der Waals surface area contributed by atoms with E-state index in [4.69, 9.17) is 4.74 Å². The topological polar surface area (TPSA) is 79.0 Å². The minimum absolute atomic E-state index is 0.141. The zero-order valence-electron chi connectivity index (χ0n) is 18.5. The first-order chi connectivity index (χ1) is 16.0. The molecule has 4 amide bonds. The maximum atomic E-state index is 13.4. The van der Waals surface area contributed by atoms with Gasteiger partial charge < -0.3 is 15.0 Å². The Morgan fingerprint density at radius 2 is 1.61 bits per heavy atom. The van der Waals surface area contributed by atoms with Crippen LogP contribution in [0.4, 0.5) is 16.2 Å². The van der Waals surface area contributed by atoms with Crippen LogP contribution in [0.3, 0.4) is 0 Å². The summed E-state index contributed by atoms with van der Waals surface area (Å²) in [6, 6.07) is 22.1. The predicted molar refractivity (Wildman–Crippen MR) is 126 cm³/mol. The first-order valence-corrected chi connectivity index (χ1v) is 10.7. The monoisotopic (exact) mass is 443 g/mol. The zero-order chi connectivity index (χ0) is 23.4. The highest BCUT2D eigenvalue weighted by Gasteiger charge is 2.46. The molecule has 168 valence electrons. The fourth-order valence-corrected chi connectivity index (χ4v) is 3.78. The fourth-order valence-electron chi connectivity index (χ4n) is 3.78. The minimum atomic E-state index is -0.912. The fraction of sp³-hybridized carbons (Fsp3) is 0.192. The number of methoxy groups -OCH3 is 1. The lowest BCUT2D eigenvalue weighted by Crippen LogP contribution is -2.37.